The second kappa shape index (κ2) is 13.2. The van der Waals surface area contributed by atoms with E-state index >= 15 is 0 Å². The summed E-state index contributed by atoms with van der Waals surface area (Å²) in [6.45, 7) is 0. The van der Waals surface area contributed by atoms with Gasteiger partial charge in [-0.2, -0.15) is 0 Å². The molecule has 0 saturated heterocycles. The Hall–Kier alpha value is -3.24. The van der Waals surface area contributed by atoms with E-state index in [4.69, 9.17) is 4.42 Å². The topological polar surface area (TPSA) is 13.1 Å². The Morgan fingerprint density at radius 2 is 1.07 bits per heavy atom. The van der Waals surface area contributed by atoms with Crippen molar-refractivity contribution in [3.05, 3.63) is 121 Å². The first-order valence-electron chi connectivity index (χ1n) is 17.1. The predicted octanol–water partition coefficient (Wildman–Crippen LogP) is 10.8. The van der Waals surface area contributed by atoms with E-state index in [0.29, 0.717) is 0 Å². The highest BCUT2D eigenvalue weighted by molar-refractivity contribution is 7.79. The fraction of sp³-hybridized carbons (Fsp3) is 0.286. The van der Waals surface area contributed by atoms with E-state index in [1.54, 1.807) is 5.30 Å². The summed E-state index contributed by atoms with van der Waals surface area (Å²) >= 11 is 0. The number of hydrogen-bond acceptors (Lipinski definition) is 1. The molecule has 0 amide bonds. The molecule has 0 radical (unpaired) electrons. The highest BCUT2D eigenvalue weighted by Gasteiger charge is 2.36. The lowest BCUT2D eigenvalue weighted by Crippen LogP contribution is -2.28. The molecule has 3 heteroatoms. The second-order valence-electron chi connectivity index (χ2n) is 13.0. The fourth-order valence-corrected chi connectivity index (χ4v) is 14.4. The first-order chi connectivity index (χ1) is 22.4. The molecule has 0 bridgehead atoms. The lowest BCUT2D eigenvalue weighted by atomic mass is 9.99. The fourth-order valence-electron chi connectivity index (χ4n) is 8.12. The largest absolute Gasteiger partial charge is 0.455 e. The first-order valence-corrected chi connectivity index (χ1v) is 19.9. The monoisotopic (exact) mass is 624 g/mol. The molecule has 0 N–H and O–H groups in total. The smallest absolute Gasteiger partial charge is 0.143 e. The van der Waals surface area contributed by atoms with Gasteiger partial charge in [-0.25, -0.2) is 0 Å². The van der Waals surface area contributed by atoms with Crippen LogP contribution in [0.2, 0.25) is 0 Å². The second-order valence-corrected chi connectivity index (χ2v) is 17.8. The number of benzene rings is 5. The maximum absolute atomic E-state index is 7.19. The summed E-state index contributed by atoms with van der Waals surface area (Å²) < 4.78 is 7.19. The van der Waals surface area contributed by atoms with Gasteiger partial charge >= 0.3 is 0 Å². The van der Waals surface area contributed by atoms with E-state index in [0.717, 1.165) is 22.4 Å². The summed E-state index contributed by atoms with van der Waals surface area (Å²) in [5.74, 6) is 0. The van der Waals surface area contributed by atoms with Gasteiger partial charge in [-0.05, 0) is 75.3 Å². The zero-order valence-electron chi connectivity index (χ0n) is 26.1. The molecule has 45 heavy (non-hydrogen) atoms. The van der Waals surface area contributed by atoms with Gasteiger partial charge in [0.15, 0.2) is 0 Å². The van der Waals surface area contributed by atoms with Gasteiger partial charge < -0.3 is 4.42 Å². The summed E-state index contributed by atoms with van der Waals surface area (Å²) in [7, 11) is -1.20. The summed E-state index contributed by atoms with van der Waals surface area (Å²) in [6, 6.07) is 45.2. The maximum atomic E-state index is 7.19. The van der Waals surface area contributed by atoms with E-state index in [9.17, 15) is 0 Å². The molecular formula is C42H42OP2. The van der Waals surface area contributed by atoms with Gasteiger partial charge in [0.25, 0.3) is 0 Å². The van der Waals surface area contributed by atoms with E-state index in [-0.39, 0.29) is 7.92 Å². The number of hydrogen-bond donors (Lipinski definition) is 0. The highest BCUT2D eigenvalue weighted by atomic mass is 31.1. The van der Waals surface area contributed by atoms with Gasteiger partial charge in [0.2, 0.25) is 0 Å². The van der Waals surface area contributed by atoms with Crippen LogP contribution in [0.15, 0.2) is 126 Å². The van der Waals surface area contributed by atoms with Crippen LogP contribution in [0, 0.1) is 0 Å². The van der Waals surface area contributed by atoms with Crippen LogP contribution >= 0.6 is 15.8 Å². The number of rotatable bonds is 7. The minimum absolute atomic E-state index is 0.291. The van der Waals surface area contributed by atoms with Crippen LogP contribution in [0.25, 0.3) is 32.9 Å². The van der Waals surface area contributed by atoms with Gasteiger partial charge in [0, 0.05) is 18.9 Å². The Labute approximate surface area is 270 Å². The Morgan fingerprint density at radius 1 is 0.511 bits per heavy atom. The molecule has 6 aromatic rings. The van der Waals surface area contributed by atoms with Crippen LogP contribution in [0.1, 0.15) is 64.2 Å². The quantitative estimate of drug-likeness (QED) is 0.161. The van der Waals surface area contributed by atoms with Crippen molar-refractivity contribution in [3.63, 3.8) is 0 Å². The summed E-state index contributed by atoms with van der Waals surface area (Å²) in [5, 5.41) is 8.17. The van der Waals surface area contributed by atoms with Gasteiger partial charge in [0.05, 0.1) is 0 Å². The van der Waals surface area contributed by atoms with Crippen molar-refractivity contribution in [2.75, 3.05) is 0 Å². The molecule has 1 nitrogen and oxygen atoms in total. The van der Waals surface area contributed by atoms with E-state index in [2.05, 4.69) is 121 Å². The van der Waals surface area contributed by atoms with Gasteiger partial charge in [0.1, 0.15) is 11.1 Å². The zero-order valence-corrected chi connectivity index (χ0v) is 27.9. The molecular weight excluding hydrogens is 582 g/mol. The Morgan fingerprint density at radius 3 is 1.71 bits per heavy atom. The van der Waals surface area contributed by atoms with Gasteiger partial charge in [-0.3, -0.25) is 0 Å². The average molecular weight is 625 g/mol. The van der Waals surface area contributed by atoms with Crippen molar-refractivity contribution < 1.29 is 4.42 Å². The molecule has 1 aromatic heterocycles. The minimum atomic E-state index is -0.913. The molecule has 8 rings (SSSR count). The average Bonchev–Trinajstić information content (AvgIpc) is 3.50. The van der Waals surface area contributed by atoms with Crippen LogP contribution < -0.4 is 21.4 Å². The normalized spacial score (nSPS) is 16.7. The Kier molecular flexibility index (Phi) is 8.59. The number of fused-ring (bicyclic) bond motifs is 3. The summed E-state index contributed by atoms with van der Waals surface area (Å²) in [5.41, 5.74) is 6.60. The van der Waals surface area contributed by atoms with Crippen LogP contribution in [-0.2, 0) is 0 Å². The SMILES string of the molecule is c1ccc(P(c2ccccc2)c2oc3ccc4ccccc4c3c2-c2ccccc2P(C2CCCCC2)C2CCCCC2)cc1. The van der Waals surface area contributed by atoms with Crippen molar-refractivity contribution in [3.8, 4) is 11.1 Å². The molecule has 2 aliphatic rings. The van der Waals surface area contributed by atoms with Crippen molar-refractivity contribution in [2.24, 2.45) is 0 Å². The van der Waals surface area contributed by atoms with Crippen molar-refractivity contribution >= 4 is 59.0 Å². The van der Waals surface area contributed by atoms with E-state index < -0.39 is 7.92 Å². The van der Waals surface area contributed by atoms with Gasteiger partial charge in [-0.15, -0.1) is 0 Å². The van der Waals surface area contributed by atoms with Crippen molar-refractivity contribution in [1.82, 2.24) is 0 Å². The summed E-state index contributed by atoms with van der Waals surface area (Å²) in [4.78, 5) is 0. The molecule has 5 aromatic carbocycles. The molecule has 0 atom stereocenters. The highest BCUT2D eigenvalue weighted by Crippen LogP contribution is 2.57. The molecule has 2 aliphatic carbocycles. The molecule has 0 aliphatic heterocycles. The van der Waals surface area contributed by atoms with Crippen LogP contribution in [0.4, 0.5) is 0 Å². The van der Waals surface area contributed by atoms with Crippen molar-refractivity contribution in [2.45, 2.75) is 75.5 Å². The van der Waals surface area contributed by atoms with Crippen molar-refractivity contribution in [1.29, 1.82) is 0 Å². The molecule has 0 unspecified atom stereocenters. The predicted molar refractivity (Wildman–Crippen MR) is 198 cm³/mol. The lowest BCUT2D eigenvalue weighted by molar-refractivity contribution is 0.487. The molecule has 0 spiro atoms. The van der Waals surface area contributed by atoms with Crippen LogP contribution in [0.5, 0.6) is 0 Å². The third-order valence-electron chi connectivity index (χ3n) is 10.2. The molecule has 2 fully saturated rings. The third-order valence-corrected chi connectivity index (χ3v) is 16.1. The Balaban J connectivity index is 1.43. The molecule has 1 heterocycles. The maximum Gasteiger partial charge on any atom is 0.143 e. The lowest BCUT2D eigenvalue weighted by Gasteiger charge is -2.39. The molecule has 226 valence electrons. The van der Waals surface area contributed by atoms with E-state index in [1.807, 2.05) is 0 Å². The minimum Gasteiger partial charge on any atom is -0.455 e. The van der Waals surface area contributed by atoms with Gasteiger partial charge in [-0.1, -0.05) is 162 Å². The third kappa shape index (κ3) is 5.69. The summed E-state index contributed by atoms with van der Waals surface area (Å²) in [6.07, 6.45) is 14.0. The van der Waals surface area contributed by atoms with Crippen LogP contribution in [0.3, 0.4) is 0 Å². The number of furan rings is 1. The van der Waals surface area contributed by atoms with E-state index in [1.165, 1.54) is 102 Å². The zero-order chi connectivity index (χ0) is 30.0. The molecule has 2 saturated carbocycles. The standard InChI is InChI=1S/C42H42OP2/c1-5-18-32(19-6-1)44(33-20-7-2-8-21-33)39-28-16-15-27-37(39)41-40-36-26-14-13-17-31(36)29-30-38(40)43-42(41)45(34-22-9-3-10-23-34)35-24-11-4-12-25-35/h3-4,9-17,22-30,32-33H,1-2,5-8,18-21H2. The first kappa shape index (κ1) is 29.2. The Bertz CT molecular complexity index is 1820. The van der Waals surface area contributed by atoms with Crippen LogP contribution in [-0.4, -0.2) is 11.3 Å².